The van der Waals surface area contributed by atoms with Gasteiger partial charge in [0.25, 0.3) is 0 Å². The van der Waals surface area contributed by atoms with E-state index in [1.807, 2.05) is 18.2 Å². The first kappa shape index (κ1) is 13.5. The molecule has 1 heterocycles. The average Bonchev–Trinajstić information content (AvgIpc) is 2.64. The fourth-order valence-corrected chi connectivity index (χ4v) is 3.50. The summed E-state index contributed by atoms with van der Waals surface area (Å²) in [6.07, 6.45) is 6.38. The van der Waals surface area contributed by atoms with Gasteiger partial charge in [0.2, 0.25) is 0 Å². The van der Waals surface area contributed by atoms with E-state index in [0.717, 1.165) is 31.4 Å². The zero-order valence-corrected chi connectivity index (χ0v) is 11.2. The summed E-state index contributed by atoms with van der Waals surface area (Å²) in [4.78, 5) is 16.5. The molecule has 2 fully saturated rings. The second-order valence-electron chi connectivity index (χ2n) is 5.59. The predicted octanol–water partition coefficient (Wildman–Crippen LogP) is 2.13. The summed E-state index contributed by atoms with van der Waals surface area (Å²) in [5.41, 5.74) is 7.17. The van der Waals surface area contributed by atoms with Crippen molar-refractivity contribution in [2.75, 3.05) is 0 Å². The molecule has 3 rings (SSSR count). The summed E-state index contributed by atoms with van der Waals surface area (Å²) in [6, 6.07) is 5.85. The van der Waals surface area contributed by atoms with Gasteiger partial charge in [-0.3, -0.25) is 9.78 Å². The van der Waals surface area contributed by atoms with Crippen molar-refractivity contribution in [2.24, 2.45) is 17.6 Å². The molecule has 2 aliphatic carbocycles. The van der Waals surface area contributed by atoms with Crippen LogP contribution in [0.4, 0.5) is 0 Å². The van der Waals surface area contributed by atoms with Crippen molar-refractivity contribution in [3.8, 4) is 0 Å². The minimum atomic E-state index is -0.252. The number of rotatable bonds is 2. The van der Waals surface area contributed by atoms with Gasteiger partial charge < -0.3 is 5.73 Å². The van der Waals surface area contributed by atoms with E-state index >= 15 is 0 Å². The van der Waals surface area contributed by atoms with Crippen LogP contribution in [0.1, 0.15) is 31.4 Å². The van der Waals surface area contributed by atoms with Gasteiger partial charge in [-0.05, 0) is 37.3 Å². The van der Waals surface area contributed by atoms with Gasteiger partial charge in [0.1, 0.15) is 5.78 Å². The number of hydrogen-bond donors (Lipinski definition) is 1. The molecule has 0 amide bonds. The van der Waals surface area contributed by atoms with Crippen LogP contribution in [0, 0.1) is 11.8 Å². The Morgan fingerprint density at radius 3 is 3.00 bits per heavy atom. The topological polar surface area (TPSA) is 56.0 Å². The smallest absolute Gasteiger partial charge is 0.138 e. The van der Waals surface area contributed by atoms with Crippen molar-refractivity contribution in [2.45, 2.75) is 37.6 Å². The second kappa shape index (κ2) is 4.98. The van der Waals surface area contributed by atoms with Crippen LogP contribution in [0.2, 0.25) is 0 Å². The summed E-state index contributed by atoms with van der Waals surface area (Å²) >= 11 is 0. The predicted molar refractivity (Wildman–Crippen MR) is 72.6 cm³/mol. The fourth-order valence-electron chi connectivity index (χ4n) is 3.50. The summed E-state index contributed by atoms with van der Waals surface area (Å²) in [5.74, 6) is 0.885. The van der Waals surface area contributed by atoms with Gasteiger partial charge in [-0.1, -0.05) is 6.07 Å². The van der Waals surface area contributed by atoms with Crippen LogP contribution < -0.4 is 5.73 Å². The molecule has 1 aromatic rings. The molecule has 0 spiro atoms. The number of ketones is 1. The number of pyridine rings is 1. The largest absolute Gasteiger partial charge is 0.324 e. The molecule has 4 heteroatoms. The van der Waals surface area contributed by atoms with Crippen LogP contribution >= 0.6 is 12.4 Å². The monoisotopic (exact) mass is 266 g/mol. The third-order valence-electron chi connectivity index (χ3n) is 4.40. The third kappa shape index (κ3) is 2.29. The third-order valence-corrected chi connectivity index (χ3v) is 4.40. The van der Waals surface area contributed by atoms with E-state index in [1.54, 1.807) is 6.20 Å². The summed E-state index contributed by atoms with van der Waals surface area (Å²) in [7, 11) is 0. The molecule has 0 aromatic carbocycles. The van der Waals surface area contributed by atoms with Gasteiger partial charge in [-0.15, -0.1) is 12.4 Å². The quantitative estimate of drug-likeness (QED) is 0.892. The number of aromatic nitrogens is 1. The lowest BCUT2D eigenvalue weighted by Crippen LogP contribution is -2.51. The minimum Gasteiger partial charge on any atom is -0.324 e. The number of nitrogens with two attached hydrogens (primary N) is 1. The first-order valence-corrected chi connectivity index (χ1v) is 6.39. The summed E-state index contributed by atoms with van der Waals surface area (Å²) < 4.78 is 0. The highest BCUT2D eigenvalue weighted by atomic mass is 35.5. The molecule has 1 aromatic heterocycles. The number of carbonyl (C=O) groups is 1. The molecular weight excluding hydrogens is 248 g/mol. The maximum absolute atomic E-state index is 12.2. The Labute approximate surface area is 114 Å². The molecule has 2 saturated carbocycles. The van der Waals surface area contributed by atoms with Gasteiger partial charge in [-0.2, -0.15) is 0 Å². The average molecular weight is 267 g/mol. The van der Waals surface area contributed by atoms with Crippen LogP contribution in [0.15, 0.2) is 24.4 Å². The number of fused-ring (bicyclic) bond motifs is 2. The van der Waals surface area contributed by atoms with Crippen molar-refractivity contribution < 1.29 is 4.79 Å². The highest BCUT2D eigenvalue weighted by Crippen LogP contribution is 2.46. The van der Waals surface area contributed by atoms with Gasteiger partial charge in [0.15, 0.2) is 0 Å². The summed E-state index contributed by atoms with van der Waals surface area (Å²) in [6.45, 7) is 0. The molecule has 0 radical (unpaired) electrons. The van der Waals surface area contributed by atoms with Crippen LogP contribution in [-0.2, 0) is 11.2 Å². The van der Waals surface area contributed by atoms with Gasteiger partial charge in [0.05, 0.1) is 0 Å². The highest BCUT2D eigenvalue weighted by Gasteiger charge is 2.49. The van der Waals surface area contributed by atoms with Crippen molar-refractivity contribution in [1.82, 2.24) is 4.98 Å². The first-order chi connectivity index (χ1) is 8.17. The first-order valence-electron chi connectivity index (χ1n) is 6.39. The van der Waals surface area contributed by atoms with E-state index < -0.39 is 0 Å². The summed E-state index contributed by atoms with van der Waals surface area (Å²) in [5, 5.41) is 0. The van der Waals surface area contributed by atoms with Gasteiger partial charge >= 0.3 is 0 Å². The van der Waals surface area contributed by atoms with Gasteiger partial charge in [0, 0.05) is 36.2 Å². The van der Waals surface area contributed by atoms with Crippen molar-refractivity contribution in [3.05, 3.63) is 30.1 Å². The molecule has 0 aliphatic heterocycles. The van der Waals surface area contributed by atoms with Crippen LogP contribution in [0.25, 0.3) is 0 Å². The van der Waals surface area contributed by atoms with E-state index in [4.69, 9.17) is 5.73 Å². The maximum Gasteiger partial charge on any atom is 0.138 e. The zero-order valence-electron chi connectivity index (χ0n) is 10.3. The van der Waals surface area contributed by atoms with E-state index in [0.29, 0.717) is 18.1 Å². The molecular formula is C14H19ClN2O. The minimum absolute atomic E-state index is 0. The zero-order chi connectivity index (χ0) is 11.9. The molecule has 3 atom stereocenters. The Morgan fingerprint density at radius 1 is 1.44 bits per heavy atom. The van der Waals surface area contributed by atoms with E-state index in [9.17, 15) is 4.79 Å². The number of Topliss-reactive ketones (excluding diaryl/α,β-unsaturated/α-hetero) is 1. The second-order valence-corrected chi connectivity index (χ2v) is 5.59. The van der Waals surface area contributed by atoms with Crippen molar-refractivity contribution in [1.29, 1.82) is 0 Å². The molecule has 0 saturated heterocycles. The van der Waals surface area contributed by atoms with Gasteiger partial charge in [-0.25, -0.2) is 0 Å². The lowest BCUT2D eigenvalue weighted by atomic mass is 9.71. The standard InChI is InChI=1S/C14H18N2O.ClH/c15-14-5-4-10(9-14)7-13(17)12(14)8-11-3-1-2-6-16-11;/h1-3,6,10,12H,4-5,7-9,15H2;1H. The van der Waals surface area contributed by atoms with Crippen LogP contribution in [-0.4, -0.2) is 16.3 Å². The Hall–Kier alpha value is -0.930. The van der Waals surface area contributed by atoms with Crippen molar-refractivity contribution >= 4 is 18.2 Å². The molecule has 2 N–H and O–H groups in total. The Kier molecular flexibility index (Phi) is 3.74. The fraction of sp³-hybridized carbons (Fsp3) is 0.571. The number of hydrogen-bond acceptors (Lipinski definition) is 3. The van der Waals surface area contributed by atoms with Crippen molar-refractivity contribution in [3.63, 3.8) is 0 Å². The Balaban J connectivity index is 0.00000120. The Bertz CT molecular complexity index is 437. The Morgan fingerprint density at radius 2 is 2.28 bits per heavy atom. The lowest BCUT2D eigenvalue weighted by molar-refractivity contribution is -0.127. The van der Waals surface area contributed by atoms with Crippen LogP contribution in [0.3, 0.4) is 0 Å². The highest BCUT2D eigenvalue weighted by molar-refractivity contribution is 5.85. The number of halogens is 1. The van der Waals surface area contributed by atoms with E-state index in [2.05, 4.69) is 4.98 Å². The molecule has 98 valence electrons. The van der Waals surface area contributed by atoms with E-state index in [1.165, 1.54) is 0 Å². The molecule has 2 bridgehead atoms. The number of nitrogens with zero attached hydrogens (tertiary/aromatic N) is 1. The van der Waals surface area contributed by atoms with E-state index in [-0.39, 0.29) is 23.9 Å². The molecule has 2 aliphatic rings. The normalized spacial score (nSPS) is 34.2. The molecule has 3 nitrogen and oxygen atoms in total. The molecule has 3 unspecified atom stereocenters. The van der Waals surface area contributed by atoms with Crippen LogP contribution in [0.5, 0.6) is 0 Å². The lowest BCUT2D eigenvalue weighted by Gasteiger charge is -2.36. The number of carbonyl (C=O) groups excluding carboxylic acids is 1. The SMILES string of the molecule is Cl.NC12CCC(CC(=O)C1Cc1ccccn1)C2. The molecule has 18 heavy (non-hydrogen) atoms. The maximum atomic E-state index is 12.2.